The minimum Gasteiger partial charge on any atom is -0.494 e. The minimum atomic E-state index is 0.660. The van der Waals surface area contributed by atoms with Crippen molar-refractivity contribution in [1.29, 1.82) is 0 Å². The molecule has 1 heterocycles. The zero-order valence-electron chi connectivity index (χ0n) is 11.4. The van der Waals surface area contributed by atoms with Gasteiger partial charge in [-0.25, -0.2) is 0 Å². The number of hydrogen-bond acceptors (Lipinski definition) is 1. The predicted octanol–water partition coefficient (Wildman–Crippen LogP) is 4.87. The SMILES string of the molecule is CC.CC.CC1CCOC2=CCC=CC=C21. The van der Waals surface area contributed by atoms with Crippen molar-refractivity contribution in [2.45, 2.75) is 47.5 Å². The summed E-state index contributed by atoms with van der Waals surface area (Å²) in [5, 5.41) is 0. The molecule has 0 spiro atoms. The third kappa shape index (κ3) is 4.26. The summed E-state index contributed by atoms with van der Waals surface area (Å²) in [7, 11) is 0. The van der Waals surface area contributed by atoms with Crippen LogP contribution in [0.4, 0.5) is 0 Å². The van der Waals surface area contributed by atoms with Gasteiger partial charge in [-0.15, -0.1) is 0 Å². The van der Waals surface area contributed by atoms with Crippen LogP contribution in [0.5, 0.6) is 0 Å². The highest BCUT2D eigenvalue weighted by Gasteiger charge is 2.19. The fraction of sp³-hybridized carbons (Fsp3) is 0.600. The summed E-state index contributed by atoms with van der Waals surface area (Å²) >= 11 is 0. The molecule has 1 aliphatic carbocycles. The van der Waals surface area contributed by atoms with Gasteiger partial charge in [-0.2, -0.15) is 0 Å². The Morgan fingerprint density at radius 1 is 1.19 bits per heavy atom. The summed E-state index contributed by atoms with van der Waals surface area (Å²) in [6.45, 7) is 11.1. The third-order valence-electron chi connectivity index (χ3n) is 2.48. The molecule has 0 aromatic carbocycles. The molecule has 1 nitrogen and oxygen atoms in total. The van der Waals surface area contributed by atoms with E-state index in [0.717, 1.165) is 25.2 Å². The van der Waals surface area contributed by atoms with Gasteiger partial charge < -0.3 is 4.74 Å². The van der Waals surface area contributed by atoms with Gasteiger partial charge in [-0.3, -0.25) is 0 Å². The lowest BCUT2D eigenvalue weighted by atomic mass is 9.94. The van der Waals surface area contributed by atoms with E-state index in [4.69, 9.17) is 4.74 Å². The summed E-state index contributed by atoms with van der Waals surface area (Å²) in [4.78, 5) is 0. The van der Waals surface area contributed by atoms with E-state index in [1.807, 2.05) is 27.7 Å². The number of fused-ring (bicyclic) bond motifs is 1. The smallest absolute Gasteiger partial charge is 0.119 e. The first kappa shape index (κ1) is 15.0. The van der Waals surface area contributed by atoms with E-state index >= 15 is 0 Å². The Hall–Kier alpha value is -0.980. The first-order valence-corrected chi connectivity index (χ1v) is 6.58. The normalized spacial score (nSPS) is 21.7. The van der Waals surface area contributed by atoms with Crippen LogP contribution >= 0.6 is 0 Å². The van der Waals surface area contributed by atoms with E-state index in [-0.39, 0.29) is 0 Å². The topological polar surface area (TPSA) is 9.23 Å². The van der Waals surface area contributed by atoms with E-state index in [2.05, 4.69) is 31.2 Å². The summed E-state index contributed by atoms with van der Waals surface area (Å²) in [6.07, 6.45) is 10.8. The van der Waals surface area contributed by atoms with Crippen LogP contribution in [0.2, 0.25) is 0 Å². The fourth-order valence-corrected chi connectivity index (χ4v) is 1.68. The zero-order valence-corrected chi connectivity index (χ0v) is 11.4. The van der Waals surface area contributed by atoms with Gasteiger partial charge in [0.25, 0.3) is 0 Å². The Bertz CT molecular complexity index is 259. The molecule has 1 unspecified atom stereocenters. The quantitative estimate of drug-likeness (QED) is 0.568. The lowest BCUT2D eigenvalue weighted by Crippen LogP contribution is -2.14. The van der Waals surface area contributed by atoms with Gasteiger partial charge in [-0.05, 0) is 30.4 Å². The van der Waals surface area contributed by atoms with Crippen molar-refractivity contribution in [3.63, 3.8) is 0 Å². The highest BCUT2D eigenvalue weighted by Crippen LogP contribution is 2.30. The Balaban J connectivity index is 0.000000509. The van der Waals surface area contributed by atoms with Crippen molar-refractivity contribution in [1.82, 2.24) is 0 Å². The molecule has 16 heavy (non-hydrogen) atoms. The Morgan fingerprint density at radius 3 is 2.56 bits per heavy atom. The molecule has 2 rings (SSSR count). The van der Waals surface area contributed by atoms with Crippen LogP contribution in [0.1, 0.15) is 47.5 Å². The number of ether oxygens (including phenoxy) is 1. The van der Waals surface area contributed by atoms with Crippen molar-refractivity contribution in [2.75, 3.05) is 6.61 Å². The summed E-state index contributed by atoms with van der Waals surface area (Å²) in [6, 6.07) is 0. The van der Waals surface area contributed by atoms with Crippen molar-refractivity contribution in [2.24, 2.45) is 5.92 Å². The van der Waals surface area contributed by atoms with Gasteiger partial charge in [0.15, 0.2) is 0 Å². The van der Waals surface area contributed by atoms with Crippen LogP contribution < -0.4 is 0 Å². The molecular weight excluding hydrogens is 196 g/mol. The largest absolute Gasteiger partial charge is 0.494 e. The summed E-state index contributed by atoms with van der Waals surface area (Å²) in [5.41, 5.74) is 1.37. The maximum absolute atomic E-state index is 5.59. The lowest BCUT2D eigenvalue weighted by Gasteiger charge is -2.24. The van der Waals surface area contributed by atoms with Gasteiger partial charge in [0, 0.05) is 0 Å². The van der Waals surface area contributed by atoms with Crippen LogP contribution in [0.15, 0.2) is 35.6 Å². The average molecular weight is 222 g/mol. The minimum absolute atomic E-state index is 0.660. The second kappa shape index (κ2) is 9.26. The molecule has 0 aromatic heterocycles. The van der Waals surface area contributed by atoms with Crippen LogP contribution in [-0.2, 0) is 4.74 Å². The third-order valence-corrected chi connectivity index (χ3v) is 2.48. The second-order valence-corrected chi connectivity index (χ2v) is 3.39. The van der Waals surface area contributed by atoms with E-state index in [0.29, 0.717) is 5.92 Å². The lowest BCUT2D eigenvalue weighted by molar-refractivity contribution is 0.172. The van der Waals surface area contributed by atoms with E-state index in [9.17, 15) is 0 Å². The molecule has 0 saturated carbocycles. The number of rotatable bonds is 0. The molecule has 2 aliphatic rings. The van der Waals surface area contributed by atoms with Gasteiger partial charge in [0.1, 0.15) is 5.76 Å². The fourth-order valence-electron chi connectivity index (χ4n) is 1.68. The van der Waals surface area contributed by atoms with Crippen LogP contribution in [0.3, 0.4) is 0 Å². The predicted molar refractivity (Wildman–Crippen MR) is 72.4 cm³/mol. The van der Waals surface area contributed by atoms with Crippen molar-refractivity contribution < 1.29 is 4.74 Å². The molecule has 1 saturated heterocycles. The van der Waals surface area contributed by atoms with Crippen molar-refractivity contribution in [3.05, 3.63) is 35.6 Å². The first-order valence-electron chi connectivity index (χ1n) is 6.58. The average Bonchev–Trinajstić information content (AvgIpc) is 2.60. The van der Waals surface area contributed by atoms with E-state index < -0.39 is 0 Å². The maximum atomic E-state index is 5.59. The molecule has 1 aliphatic heterocycles. The highest BCUT2D eigenvalue weighted by molar-refractivity contribution is 5.35. The molecule has 0 amide bonds. The maximum Gasteiger partial charge on any atom is 0.119 e. The zero-order chi connectivity index (χ0) is 12.4. The van der Waals surface area contributed by atoms with Crippen LogP contribution in [0.25, 0.3) is 0 Å². The highest BCUT2D eigenvalue weighted by atomic mass is 16.5. The molecule has 0 aromatic rings. The van der Waals surface area contributed by atoms with Crippen molar-refractivity contribution >= 4 is 0 Å². The van der Waals surface area contributed by atoms with E-state index in [1.165, 1.54) is 5.57 Å². The van der Waals surface area contributed by atoms with Gasteiger partial charge in [0.2, 0.25) is 0 Å². The van der Waals surface area contributed by atoms with E-state index in [1.54, 1.807) is 0 Å². The first-order chi connectivity index (χ1) is 7.88. The molecule has 1 heteroatoms. The van der Waals surface area contributed by atoms with Crippen LogP contribution in [-0.4, -0.2) is 6.61 Å². The molecule has 0 radical (unpaired) electrons. The summed E-state index contributed by atoms with van der Waals surface area (Å²) < 4.78 is 5.59. The monoisotopic (exact) mass is 222 g/mol. The van der Waals surface area contributed by atoms with Crippen molar-refractivity contribution in [3.8, 4) is 0 Å². The summed E-state index contributed by atoms with van der Waals surface area (Å²) in [5.74, 6) is 1.77. The molecule has 0 bridgehead atoms. The number of allylic oxidation sites excluding steroid dienone is 5. The molecule has 0 N–H and O–H groups in total. The van der Waals surface area contributed by atoms with Gasteiger partial charge >= 0.3 is 0 Å². The molecule has 1 fully saturated rings. The Kier molecular flexibility index (Phi) is 8.69. The molecular formula is C15H26O. The van der Waals surface area contributed by atoms with Gasteiger partial charge in [0.05, 0.1) is 6.61 Å². The molecule has 1 atom stereocenters. The Morgan fingerprint density at radius 2 is 1.88 bits per heavy atom. The van der Waals surface area contributed by atoms with Gasteiger partial charge in [-0.1, -0.05) is 52.8 Å². The standard InChI is InChI=1S/C11H14O.2C2H6/c1-9-7-8-12-11-6-4-2-3-5-10(9)11;2*1-2/h2-3,5-6,9H,4,7-8H2,1H3;2*1-2H3. The Labute approximate surface area is 101 Å². The molecule has 92 valence electrons. The number of hydrogen-bond donors (Lipinski definition) is 0. The second-order valence-electron chi connectivity index (χ2n) is 3.39. The van der Waals surface area contributed by atoms with Crippen LogP contribution in [0, 0.1) is 5.92 Å².